The molecule has 0 saturated carbocycles. The summed E-state index contributed by atoms with van der Waals surface area (Å²) in [6.07, 6.45) is 1.53. The van der Waals surface area contributed by atoms with Gasteiger partial charge in [0, 0.05) is 25.9 Å². The molecule has 0 unspecified atom stereocenters. The van der Waals surface area contributed by atoms with Crippen LogP contribution in [0.3, 0.4) is 0 Å². The maximum Gasteiger partial charge on any atom is 0.0762 e. The summed E-state index contributed by atoms with van der Waals surface area (Å²) in [5.74, 6) is 0. The van der Waals surface area contributed by atoms with E-state index in [1.165, 1.54) is 11.3 Å². The van der Waals surface area contributed by atoms with E-state index in [4.69, 9.17) is 4.74 Å². The van der Waals surface area contributed by atoms with Gasteiger partial charge in [0.1, 0.15) is 0 Å². The van der Waals surface area contributed by atoms with E-state index in [0.717, 1.165) is 19.5 Å². The fourth-order valence-electron chi connectivity index (χ4n) is 2.52. The Morgan fingerprint density at radius 2 is 1.94 bits per heavy atom. The van der Waals surface area contributed by atoms with Crippen molar-refractivity contribution >= 4 is 5.69 Å². The molecule has 1 saturated heterocycles. The van der Waals surface area contributed by atoms with Crippen LogP contribution in [0.15, 0.2) is 24.3 Å². The van der Waals surface area contributed by atoms with Gasteiger partial charge in [-0.25, -0.2) is 0 Å². The van der Waals surface area contributed by atoms with Crippen LogP contribution in [0.1, 0.15) is 32.8 Å². The van der Waals surface area contributed by atoms with Gasteiger partial charge in [-0.2, -0.15) is 0 Å². The number of methoxy groups -OCH3 is 1. The molecule has 17 heavy (non-hydrogen) atoms. The molecule has 1 aliphatic rings. The Balaban J connectivity index is 2.27. The van der Waals surface area contributed by atoms with Crippen LogP contribution in [0.5, 0.6) is 0 Å². The first-order chi connectivity index (χ1) is 8.02. The van der Waals surface area contributed by atoms with Crippen molar-refractivity contribution in [3.63, 3.8) is 0 Å². The minimum Gasteiger partial charge on any atom is -0.380 e. The molecule has 1 fully saturated rings. The molecule has 1 aromatic rings. The number of benzene rings is 1. The molecule has 0 radical (unpaired) electrons. The molecule has 0 N–H and O–H groups in total. The molecule has 0 spiro atoms. The van der Waals surface area contributed by atoms with E-state index >= 15 is 0 Å². The number of anilines is 1. The molecule has 2 nitrogen and oxygen atoms in total. The van der Waals surface area contributed by atoms with Gasteiger partial charge < -0.3 is 9.64 Å². The summed E-state index contributed by atoms with van der Waals surface area (Å²) in [6.45, 7) is 8.94. The first-order valence-electron chi connectivity index (χ1n) is 6.39. The fourth-order valence-corrected chi connectivity index (χ4v) is 2.52. The van der Waals surface area contributed by atoms with Gasteiger partial charge in [0.2, 0.25) is 0 Å². The molecule has 94 valence electrons. The van der Waals surface area contributed by atoms with Gasteiger partial charge in [0.25, 0.3) is 0 Å². The number of ether oxygens (including phenoxy) is 1. The van der Waals surface area contributed by atoms with Gasteiger partial charge >= 0.3 is 0 Å². The van der Waals surface area contributed by atoms with Crippen molar-refractivity contribution < 1.29 is 4.74 Å². The summed E-state index contributed by atoms with van der Waals surface area (Å²) in [4.78, 5) is 2.45. The van der Waals surface area contributed by atoms with E-state index in [1.807, 2.05) is 7.11 Å². The summed E-state index contributed by atoms with van der Waals surface area (Å²) in [7, 11) is 1.81. The van der Waals surface area contributed by atoms with Crippen LogP contribution in [-0.4, -0.2) is 26.3 Å². The highest BCUT2D eigenvalue weighted by Gasteiger charge is 2.26. The van der Waals surface area contributed by atoms with E-state index in [9.17, 15) is 0 Å². The Kier molecular flexibility index (Phi) is 3.43. The highest BCUT2D eigenvalue weighted by Crippen LogP contribution is 2.33. The second kappa shape index (κ2) is 4.69. The molecule has 0 aliphatic carbocycles. The Hall–Kier alpha value is -1.02. The molecule has 1 aliphatic heterocycles. The minimum atomic E-state index is 0.196. The molecule has 0 bridgehead atoms. The summed E-state index contributed by atoms with van der Waals surface area (Å²) < 4.78 is 5.45. The molecule has 2 rings (SSSR count). The lowest BCUT2D eigenvalue weighted by Gasteiger charge is -2.28. The zero-order valence-corrected chi connectivity index (χ0v) is 11.4. The maximum atomic E-state index is 5.45. The van der Waals surface area contributed by atoms with E-state index in [2.05, 4.69) is 49.9 Å². The first kappa shape index (κ1) is 12.4. The van der Waals surface area contributed by atoms with Crippen LogP contribution in [0, 0.1) is 0 Å². The van der Waals surface area contributed by atoms with E-state index in [-0.39, 0.29) is 5.41 Å². The molecule has 1 atom stereocenters. The third-order valence-corrected chi connectivity index (χ3v) is 3.53. The lowest BCUT2D eigenvalue weighted by Crippen LogP contribution is -2.25. The zero-order chi connectivity index (χ0) is 12.5. The van der Waals surface area contributed by atoms with Gasteiger partial charge in [0.15, 0.2) is 0 Å². The largest absolute Gasteiger partial charge is 0.380 e. The van der Waals surface area contributed by atoms with Crippen molar-refractivity contribution in [3.05, 3.63) is 29.8 Å². The third kappa shape index (κ3) is 2.63. The number of hydrogen-bond acceptors (Lipinski definition) is 2. The van der Waals surface area contributed by atoms with Crippen molar-refractivity contribution in [2.45, 2.75) is 38.7 Å². The van der Waals surface area contributed by atoms with E-state index in [0.29, 0.717) is 6.10 Å². The highest BCUT2D eigenvalue weighted by atomic mass is 16.5. The van der Waals surface area contributed by atoms with Crippen LogP contribution in [-0.2, 0) is 10.2 Å². The van der Waals surface area contributed by atoms with Gasteiger partial charge in [-0.15, -0.1) is 0 Å². The summed E-state index contributed by atoms with van der Waals surface area (Å²) >= 11 is 0. The highest BCUT2D eigenvalue weighted by molar-refractivity contribution is 5.57. The molecule has 0 aromatic heterocycles. The molecular formula is C15H23NO. The predicted molar refractivity (Wildman–Crippen MR) is 72.8 cm³/mol. The Morgan fingerprint density at radius 3 is 2.53 bits per heavy atom. The number of nitrogens with zero attached hydrogens (tertiary/aromatic N) is 1. The van der Waals surface area contributed by atoms with E-state index in [1.54, 1.807) is 0 Å². The Morgan fingerprint density at radius 1 is 1.24 bits per heavy atom. The molecule has 0 amide bonds. The average molecular weight is 233 g/mol. The van der Waals surface area contributed by atoms with Crippen molar-refractivity contribution in [3.8, 4) is 0 Å². The molecular weight excluding hydrogens is 210 g/mol. The standard InChI is InChI=1S/C15H23NO/c1-15(2,3)13-7-5-6-8-14(13)16-10-9-12(11-16)17-4/h5-8,12H,9-11H2,1-4H3/t12-/m1/s1. The van der Waals surface area contributed by atoms with Crippen molar-refractivity contribution in [1.29, 1.82) is 0 Å². The second-order valence-electron chi connectivity index (χ2n) is 5.86. The van der Waals surface area contributed by atoms with Crippen molar-refractivity contribution in [2.24, 2.45) is 0 Å². The normalized spacial score (nSPS) is 20.9. The summed E-state index contributed by atoms with van der Waals surface area (Å²) in [5.41, 5.74) is 3.00. The van der Waals surface area contributed by atoms with E-state index < -0.39 is 0 Å². The lowest BCUT2D eigenvalue weighted by molar-refractivity contribution is 0.121. The summed E-state index contributed by atoms with van der Waals surface area (Å²) in [6, 6.07) is 8.74. The fraction of sp³-hybridized carbons (Fsp3) is 0.600. The number of hydrogen-bond donors (Lipinski definition) is 0. The average Bonchev–Trinajstić information content (AvgIpc) is 2.76. The molecule has 1 aromatic carbocycles. The zero-order valence-electron chi connectivity index (χ0n) is 11.4. The number of rotatable bonds is 2. The maximum absolute atomic E-state index is 5.45. The topological polar surface area (TPSA) is 12.5 Å². The van der Waals surface area contributed by atoms with Gasteiger partial charge in [-0.3, -0.25) is 0 Å². The van der Waals surface area contributed by atoms with Crippen molar-refractivity contribution in [1.82, 2.24) is 0 Å². The smallest absolute Gasteiger partial charge is 0.0762 e. The first-order valence-corrected chi connectivity index (χ1v) is 6.39. The Bertz CT molecular complexity index is 381. The van der Waals surface area contributed by atoms with Crippen LogP contribution in [0.25, 0.3) is 0 Å². The van der Waals surface area contributed by atoms with Crippen LogP contribution >= 0.6 is 0 Å². The monoisotopic (exact) mass is 233 g/mol. The van der Waals surface area contributed by atoms with Crippen LogP contribution < -0.4 is 4.90 Å². The summed E-state index contributed by atoms with van der Waals surface area (Å²) in [5, 5.41) is 0. The van der Waals surface area contributed by atoms with Crippen LogP contribution in [0.4, 0.5) is 5.69 Å². The lowest BCUT2D eigenvalue weighted by atomic mass is 9.85. The molecule has 1 heterocycles. The SMILES string of the molecule is CO[C@@H]1CCN(c2ccccc2C(C)(C)C)C1. The van der Waals surface area contributed by atoms with Crippen LogP contribution in [0.2, 0.25) is 0 Å². The quantitative estimate of drug-likeness (QED) is 0.777. The van der Waals surface area contributed by atoms with Gasteiger partial charge in [-0.1, -0.05) is 39.0 Å². The minimum absolute atomic E-state index is 0.196. The molecule has 2 heteroatoms. The predicted octanol–water partition coefficient (Wildman–Crippen LogP) is 3.21. The Labute approximate surface area is 105 Å². The van der Waals surface area contributed by atoms with Gasteiger partial charge in [0.05, 0.1) is 6.10 Å². The second-order valence-corrected chi connectivity index (χ2v) is 5.86. The van der Waals surface area contributed by atoms with Gasteiger partial charge in [-0.05, 0) is 23.5 Å². The third-order valence-electron chi connectivity index (χ3n) is 3.53. The number of para-hydroxylation sites is 1. The van der Waals surface area contributed by atoms with Crippen molar-refractivity contribution in [2.75, 3.05) is 25.1 Å².